The van der Waals surface area contributed by atoms with Crippen LogP contribution in [-0.4, -0.2) is 16.8 Å². The van der Waals surface area contributed by atoms with E-state index in [1.807, 2.05) is 66.7 Å². The highest BCUT2D eigenvalue weighted by atomic mass is 32.1. The number of hydrogen-bond donors (Lipinski definition) is 3. The van der Waals surface area contributed by atoms with E-state index in [9.17, 15) is 9.59 Å². The van der Waals surface area contributed by atoms with Crippen LogP contribution in [0.3, 0.4) is 0 Å². The van der Waals surface area contributed by atoms with Gasteiger partial charge in [0.1, 0.15) is 0 Å². The predicted octanol–water partition coefficient (Wildman–Crippen LogP) is 3.82. The zero-order valence-corrected chi connectivity index (χ0v) is 15.4. The van der Waals surface area contributed by atoms with E-state index in [1.54, 1.807) is 6.07 Å². The van der Waals surface area contributed by atoms with Gasteiger partial charge in [-0.05, 0) is 41.2 Å². The fourth-order valence-corrected chi connectivity index (χ4v) is 2.78. The Labute approximate surface area is 162 Å². The standard InChI is InChI=1S/C21H19N3O2S/c25-19(17-11-10-15-6-4-5-7-16(15)14-17)12-13-20(26)23-24-21(27)22-18-8-2-1-3-9-18/h1-11,14H,12-13H2,(H,23,26)(H2,22,24,27). The zero-order valence-electron chi connectivity index (χ0n) is 14.6. The Kier molecular flexibility index (Phi) is 6.12. The molecule has 3 rings (SSSR count). The number of carbonyl (C=O) groups is 2. The molecule has 0 fully saturated rings. The minimum Gasteiger partial charge on any atom is -0.331 e. The summed E-state index contributed by atoms with van der Waals surface area (Å²) < 4.78 is 0. The van der Waals surface area contributed by atoms with Crippen molar-refractivity contribution in [2.24, 2.45) is 0 Å². The maximum Gasteiger partial charge on any atom is 0.238 e. The number of ketones is 1. The lowest BCUT2D eigenvalue weighted by Gasteiger charge is -2.11. The molecule has 0 bridgehead atoms. The van der Waals surface area contributed by atoms with Gasteiger partial charge in [0.2, 0.25) is 5.91 Å². The summed E-state index contributed by atoms with van der Waals surface area (Å²) in [6.45, 7) is 0. The maximum absolute atomic E-state index is 12.3. The van der Waals surface area contributed by atoms with Gasteiger partial charge in [-0.25, -0.2) is 0 Å². The number of nitrogens with one attached hydrogen (secondary N) is 3. The lowest BCUT2D eigenvalue weighted by Crippen LogP contribution is -2.43. The first kappa shape index (κ1) is 18.5. The lowest BCUT2D eigenvalue weighted by molar-refractivity contribution is -0.121. The fraction of sp³-hybridized carbons (Fsp3) is 0.0952. The molecule has 136 valence electrons. The van der Waals surface area contributed by atoms with Crippen molar-refractivity contribution < 1.29 is 9.59 Å². The molecule has 27 heavy (non-hydrogen) atoms. The summed E-state index contributed by atoms with van der Waals surface area (Å²) in [5, 5.41) is 5.30. The molecule has 0 heterocycles. The van der Waals surface area contributed by atoms with Crippen LogP contribution in [0.15, 0.2) is 72.8 Å². The van der Waals surface area contributed by atoms with Crippen LogP contribution in [0.4, 0.5) is 5.69 Å². The Bertz CT molecular complexity index is 973. The van der Waals surface area contributed by atoms with Crippen LogP contribution in [0.25, 0.3) is 10.8 Å². The number of Topliss-reactive ketones (excluding diaryl/α,β-unsaturated/α-hetero) is 1. The van der Waals surface area contributed by atoms with E-state index in [4.69, 9.17) is 12.2 Å². The van der Waals surface area contributed by atoms with E-state index < -0.39 is 0 Å². The third-order valence-corrected chi connectivity index (χ3v) is 4.20. The summed E-state index contributed by atoms with van der Waals surface area (Å²) in [6, 6.07) is 22.8. The molecule has 0 aliphatic rings. The van der Waals surface area contributed by atoms with E-state index in [0.717, 1.165) is 16.5 Å². The molecule has 0 aliphatic carbocycles. The molecule has 0 unspecified atom stereocenters. The van der Waals surface area contributed by atoms with Crippen LogP contribution >= 0.6 is 12.2 Å². The summed E-state index contributed by atoms with van der Waals surface area (Å²) in [5.74, 6) is -0.373. The summed E-state index contributed by atoms with van der Waals surface area (Å²) >= 11 is 5.11. The van der Waals surface area contributed by atoms with Crippen molar-refractivity contribution in [3.63, 3.8) is 0 Å². The third kappa shape index (κ3) is 5.36. The quantitative estimate of drug-likeness (QED) is 0.358. The second-order valence-electron chi connectivity index (χ2n) is 5.98. The molecule has 3 N–H and O–H groups in total. The Morgan fingerprint density at radius 2 is 1.48 bits per heavy atom. The Morgan fingerprint density at radius 3 is 2.26 bits per heavy atom. The number of amides is 1. The van der Waals surface area contributed by atoms with Gasteiger partial charge in [-0.15, -0.1) is 0 Å². The molecule has 1 amide bonds. The summed E-state index contributed by atoms with van der Waals surface area (Å²) in [6.07, 6.45) is 0.206. The second-order valence-corrected chi connectivity index (χ2v) is 6.39. The Hall–Kier alpha value is -3.25. The largest absolute Gasteiger partial charge is 0.331 e. The molecule has 3 aromatic rings. The molecule has 3 aromatic carbocycles. The topological polar surface area (TPSA) is 70.2 Å². The minimum absolute atomic E-state index is 0.0686. The highest BCUT2D eigenvalue weighted by Crippen LogP contribution is 2.17. The number of rotatable bonds is 5. The smallest absolute Gasteiger partial charge is 0.238 e. The van der Waals surface area contributed by atoms with E-state index in [2.05, 4.69) is 16.2 Å². The van der Waals surface area contributed by atoms with Gasteiger partial charge in [-0.1, -0.05) is 54.6 Å². The number of fused-ring (bicyclic) bond motifs is 1. The first-order valence-electron chi connectivity index (χ1n) is 8.55. The average Bonchev–Trinajstić information content (AvgIpc) is 2.71. The van der Waals surface area contributed by atoms with E-state index in [1.165, 1.54) is 0 Å². The van der Waals surface area contributed by atoms with Gasteiger partial charge in [0.25, 0.3) is 0 Å². The number of para-hydroxylation sites is 1. The molecular formula is C21H19N3O2S. The number of hydrazine groups is 1. The van der Waals surface area contributed by atoms with E-state index in [0.29, 0.717) is 5.56 Å². The van der Waals surface area contributed by atoms with Gasteiger partial charge in [0.05, 0.1) is 0 Å². The van der Waals surface area contributed by atoms with Gasteiger partial charge in [-0.3, -0.25) is 20.4 Å². The number of anilines is 1. The monoisotopic (exact) mass is 377 g/mol. The first-order valence-corrected chi connectivity index (χ1v) is 8.95. The zero-order chi connectivity index (χ0) is 19.1. The van der Waals surface area contributed by atoms with Gasteiger partial charge >= 0.3 is 0 Å². The first-order chi connectivity index (χ1) is 13.1. The maximum atomic E-state index is 12.3. The number of benzene rings is 3. The van der Waals surface area contributed by atoms with Gasteiger partial charge in [-0.2, -0.15) is 0 Å². The van der Waals surface area contributed by atoms with Crippen molar-refractivity contribution in [3.05, 3.63) is 78.4 Å². The van der Waals surface area contributed by atoms with Gasteiger partial charge in [0, 0.05) is 24.1 Å². The molecular weight excluding hydrogens is 358 g/mol. The van der Waals surface area contributed by atoms with Gasteiger partial charge in [0.15, 0.2) is 10.9 Å². The molecule has 0 saturated heterocycles. The number of carbonyl (C=O) groups excluding carboxylic acids is 2. The van der Waals surface area contributed by atoms with Crippen molar-refractivity contribution in [1.29, 1.82) is 0 Å². The Morgan fingerprint density at radius 1 is 0.778 bits per heavy atom. The van der Waals surface area contributed by atoms with Crippen LogP contribution in [0, 0.1) is 0 Å². The van der Waals surface area contributed by atoms with Crippen LogP contribution in [-0.2, 0) is 4.79 Å². The third-order valence-electron chi connectivity index (χ3n) is 4.00. The molecule has 0 spiro atoms. The van der Waals surface area contributed by atoms with Crippen molar-refractivity contribution in [1.82, 2.24) is 10.9 Å². The SMILES string of the molecule is O=C(CCC(=O)c1ccc2ccccc2c1)NNC(=S)Nc1ccccc1. The number of thiocarbonyl (C=S) groups is 1. The summed E-state index contributed by atoms with van der Waals surface area (Å²) in [4.78, 5) is 24.3. The molecule has 0 saturated carbocycles. The van der Waals surface area contributed by atoms with Crippen molar-refractivity contribution >= 4 is 45.5 Å². The summed E-state index contributed by atoms with van der Waals surface area (Å²) in [5.41, 5.74) is 6.54. The predicted molar refractivity (Wildman–Crippen MR) is 111 cm³/mol. The summed E-state index contributed by atoms with van der Waals surface area (Å²) in [7, 11) is 0. The number of hydrogen-bond acceptors (Lipinski definition) is 3. The second kappa shape index (κ2) is 8.91. The molecule has 0 atom stereocenters. The van der Waals surface area contributed by atoms with Crippen molar-refractivity contribution in [2.45, 2.75) is 12.8 Å². The minimum atomic E-state index is -0.304. The van der Waals surface area contributed by atoms with Crippen LogP contribution < -0.4 is 16.2 Å². The van der Waals surface area contributed by atoms with Crippen molar-refractivity contribution in [2.75, 3.05) is 5.32 Å². The molecule has 5 nitrogen and oxygen atoms in total. The molecule has 0 aromatic heterocycles. The Balaban J connectivity index is 1.45. The lowest BCUT2D eigenvalue weighted by atomic mass is 10.0. The molecule has 0 radical (unpaired) electrons. The van der Waals surface area contributed by atoms with Crippen LogP contribution in [0.2, 0.25) is 0 Å². The molecule has 0 aliphatic heterocycles. The van der Waals surface area contributed by atoms with E-state index in [-0.39, 0.29) is 29.6 Å². The van der Waals surface area contributed by atoms with Crippen LogP contribution in [0.5, 0.6) is 0 Å². The van der Waals surface area contributed by atoms with Gasteiger partial charge < -0.3 is 5.32 Å². The van der Waals surface area contributed by atoms with Crippen molar-refractivity contribution in [3.8, 4) is 0 Å². The van der Waals surface area contributed by atoms with E-state index >= 15 is 0 Å². The van der Waals surface area contributed by atoms with Crippen LogP contribution in [0.1, 0.15) is 23.2 Å². The normalized spacial score (nSPS) is 10.2. The average molecular weight is 377 g/mol. The highest BCUT2D eigenvalue weighted by molar-refractivity contribution is 7.80. The highest BCUT2D eigenvalue weighted by Gasteiger charge is 2.10. The fourth-order valence-electron chi connectivity index (χ4n) is 2.61. The molecule has 6 heteroatoms.